The molecule has 14 heteroatoms. The number of non-ortho nitro benzene ring substituents is 2. The Balaban J connectivity index is 1.61. The van der Waals surface area contributed by atoms with Crippen LogP contribution >= 0.6 is 0 Å². The molecule has 2 aromatic rings. The quantitative estimate of drug-likeness (QED) is 0.247. The molecule has 0 bridgehead atoms. The van der Waals surface area contributed by atoms with Crippen molar-refractivity contribution in [3.63, 3.8) is 0 Å². The maximum Gasteiger partial charge on any atom is 0.437 e. The average Bonchev–Trinajstić information content (AvgIpc) is 3.36. The number of aliphatic hydroxyl groups is 1. The van der Waals surface area contributed by atoms with Gasteiger partial charge < -0.3 is 19.5 Å². The average molecular weight is 501 g/mol. The van der Waals surface area contributed by atoms with Crippen LogP contribution in [0.1, 0.15) is 17.5 Å². The Bertz CT molecular complexity index is 1140. The van der Waals surface area contributed by atoms with E-state index in [0.29, 0.717) is 30.6 Å². The summed E-state index contributed by atoms with van der Waals surface area (Å²) < 4.78 is 10.2. The molecule has 14 nitrogen and oxygen atoms in total. The molecule has 1 fully saturated rings. The van der Waals surface area contributed by atoms with E-state index in [9.17, 15) is 34.9 Å². The van der Waals surface area contributed by atoms with Crippen molar-refractivity contribution in [1.29, 1.82) is 0 Å². The molecular formula is C22H23N5O9. The molecular weight excluding hydrogens is 478 g/mol. The van der Waals surface area contributed by atoms with Crippen LogP contribution in [0.25, 0.3) is 0 Å². The van der Waals surface area contributed by atoms with E-state index in [2.05, 4.69) is 10.3 Å². The zero-order valence-corrected chi connectivity index (χ0v) is 18.9. The normalized spacial score (nSPS) is 15.3. The summed E-state index contributed by atoms with van der Waals surface area (Å²) in [5, 5.41) is 33.3. The number of nitro groups is 2. The summed E-state index contributed by atoms with van der Waals surface area (Å²) in [6, 6.07) is 10.9. The standard InChI is InChI=1S/C22H23N5O9/c28-12-17-9-10-25(11-17)20(23-21(29)35-13-15-1-5-18(6-2-15)26(31)32)24-22(30)36-14-16-3-7-19(8-4-16)27(33)34/h1-8,17,28H,9-14H2,(H,23,24,29,30)/t17-/m0/s1. The Morgan fingerprint density at radius 1 is 0.972 bits per heavy atom. The van der Waals surface area contributed by atoms with E-state index < -0.39 is 22.0 Å². The van der Waals surface area contributed by atoms with Crippen molar-refractivity contribution in [2.45, 2.75) is 19.6 Å². The lowest BCUT2D eigenvalue weighted by atomic mass is 10.1. The number of ether oxygens (including phenoxy) is 2. The van der Waals surface area contributed by atoms with Crippen LogP contribution in [-0.2, 0) is 22.7 Å². The summed E-state index contributed by atoms with van der Waals surface area (Å²) in [6.45, 7) is 0.313. The van der Waals surface area contributed by atoms with E-state index in [0.717, 1.165) is 0 Å². The Morgan fingerprint density at radius 2 is 1.50 bits per heavy atom. The summed E-state index contributed by atoms with van der Waals surface area (Å²) in [5.74, 6) is -0.183. The van der Waals surface area contributed by atoms with Crippen LogP contribution in [0.4, 0.5) is 21.0 Å². The van der Waals surface area contributed by atoms with Gasteiger partial charge in [-0.2, -0.15) is 0 Å². The summed E-state index contributed by atoms with van der Waals surface area (Å²) in [7, 11) is 0. The molecule has 0 saturated carbocycles. The second kappa shape index (κ2) is 12.2. The molecule has 0 unspecified atom stereocenters. The van der Waals surface area contributed by atoms with E-state index >= 15 is 0 Å². The predicted octanol–water partition coefficient (Wildman–Crippen LogP) is 2.74. The number of carbonyl (C=O) groups excluding carboxylic acids is 2. The second-order valence-electron chi connectivity index (χ2n) is 7.82. The van der Waals surface area contributed by atoms with Crippen LogP contribution in [0.3, 0.4) is 0 Å². The van der Waals surface area contributed by atoms with Crippen LogP contribution < -0.4 is 5.32 Å². The van der Waals surface area contributed by atoms with Gasteiger partial charge in [-0.25, -0.2) is 9.59 Å². The second-order valence-corrected chi connectivity index (χ2v) is 7.82. The molecule has 190 valence electrons. The van der Waals surface area contributed by atoms with Crippen LogP contribution in [-0.4, -0.2) is 57.7 Å². The lowest BCUT2D eigenvalue weighted by Crippen LogP contribution is -2.44. The van der Waals surface area contributed by atoms with Crippen molar-refractivity contribution in [2.75, 3.05) is 19.7 Å². The number of guanidine groups is 1. The van der Waals surface area contributed by atoms with Crippen molar-refractivity contribution in [2.24, 2.45) is 10.9 Å². The van der Waals surface area contributed by atoms with E-state index in [1.807, 2.05) is 0 Å². The minimum atomic E-state index is -1.01. The highest BCUT2D eigenvalue weighted by molar-refractivity contribution is 5.98. The number of nitro benzene ring substituents is 2. The molecule has 1 aliphatic rings. The number of nitrogens with zero attached hydrogens (tertiary/aromatic N) is 4. The molecule has 1 saturated heterocycles. The lowest BCUT2D eigenvalue weighted by Gasteiger charge is -2.20. The summed E-state index contributed by atoms with van der Waals surface area (Å²) >= 11 is 0. The number of hydrogen-bond donors (Lipinski definition) is 2. The fraction of sp³-hybridized carbons (Fsp3) is 0.318. The highest BCUT2D eigenvalue weighted by Gasteiger charge is 2.27. The van der Waals surface area contributed by atoms with Gasteiger partial charge in [-0.1, -0.05) is 0 Å². The number of hydrogen-bond acceptors (Lipinski definition) is 9. The highest BCUT2D eigenvalue weighted by atomic mass is 16.6. The largest absolute Gasteiger partial charge is 0.444 e. The van der Waals surface area contributed by atoms with Crippen molar-refractivity contribution in [1.82, 2.24) is 10.2 Å². The smallest absolute Gasteiger partial charge is 0.437 e. The van der Waals surface area contributed by atoms with Gasteiger partial charge in [0.2, 0.25) is 5.96 Å². The number of amides is 2. The van der Waals surface area contributed by atoms with Crippen LogP contribution in [0.2, 0.25) is 0 Å². The maximum atomic E-state index is 12.4. The van der Waals surface area contributed by atoms with E-state index in [1.54, 1.807) is 4.90 Å². The SMILES string of the molecule is O=C(/N=C(\NC(=O)OCc1ccc([N+](=O)[O-])cc1)N1CC[C@H](CO)C1)OCc1ccc([N+](=O)[O-])cc1. The first-order chi connectivity index (χ1) is 17.2. The molecule has 2 aromatic carbocycles. The number of rotatable bonds is 7. The number of nitrogens with one attached hydrogen (secondary N) is 1. The van der Waals surface area contributed by atoms with Gasteiger partial charge in [0.1, 0.15) is 13.2 Å². The minimum absolute atomic E-state index is 0.0655. The zero-order chi connectivity index (χ0) is 26.1. The fourth-order valence-electron chi connectivity index (χ4n) is 3.32. The first kappa shape index (κ1) is 26.0. The Hall–Kier alpha value is -4.59. The number of likely N-dealkylation sites (tertiary alicyclic amines) is 1. The summed E-state index contributed by atoms with van der Waals surface area (Å²) in [4.78, 5) is 50.5. The third-order valence-electron chi connectivity index (χ3n) is 5.28. The summed E-state index contributed by atoms with van der Waals surface area (Å²) in [6.07, 6.45) is -1.30. The van der Waals surface area contributed by atoms with E-state index in [4.69, 9.17) is 9.47 Å². The van der Waals surface area contributed by atoms with Crippen LogP contribution in [0, 0.1) is 26.1 Å². The minimum Gasteiger partial charge on any atom is -0.444 e. The number of carbonyl (C=O) groups is 2. The van der Waals surface area contributed by atoms with Gasteiger partial charge in [-0.3, -0.25) is 25.5 Å². The Kier molecular flexibility index (Phi) is 8.83. The molecule has 1 heterocycles. The first-order valence-corrected chi connectivity index (χ1v) is 10.8. The van der Waals surface area contributed by atoms with Crippen molar-refractivity contribution in [3.05, 3.63) is 79.9 Å². The number of aliphatic hydroxyl groups excluding tert-OH is 1. The molecule has 3 rings (SSSR count). The Morgan fingerprint density at radius 3 is 1.97 bits per heavy atom. The predicted molar refractivity (Wildman–Crippen MR) is 124 cm³/mol. The van der Waals surface area contributed by atoms with Crippen molar-refractivity contribution < 1.29 is 34.0 Å². The molecule has 0 radical (unpaired) electrons. The molecule has 1 aliphatic heterocycles. The zero-order valence-electron chi connectivity index (χ0n) is 18.9. The van der Waals surface area contributed by atoms with Gasteiger partial charge in [0.25, 0.3) is 11.4 Å². The molecule has 0 aromatic heterocycles. The van der Waals surface area contributed by atoms with E-state index in [1.165, 1.54) is 48.5 Å². The monoisotopic (exact) mass is 501 g/mol. The van der Waals surface area contributed by atoms with Crippen LogP contribution in [0.15, 0.2) is 53.5 Å². The Labute approximate surface area is 204 Å². The molecule has 0 spiro atoms. The third kappa shape index (κ3) is 7.46. The van der Waals surface area contributed by atoms with Gasteiger partial charge in [0.05, 0.1) is 9.85 Å². The highest BCUT2D eigenvalue weighted by Crippen LogP contribution is 2.17. The van der Waals surface area contributed by atoms with Gasteiger partial charge in [0.15, 0.2) is 0 Å². The van der Waals surface area contributed by atoms with Gasteiger partial charge in [-0.15, -0.1) is 4.99 Å². The molecule has 2 N–H and O–H groups in total. The maximum absolute atomic E-state index is 12.4. The fourth-order valence-corrected chi connectivity index (χ4v) is 3.32. The van der Waals surface area contributed by atoms with Gasteiger partial charge in [0, 0.05) is 49.9 Å². The van der Waals surface area contributed by atoms with Crippen LogP contribution in [0.5, 0.6) is 0 Å². The van der Waals surface area contributed by atoms with Crippen molar-refractivity contribution in [3.8, 4) is 0 Å². The number of alkyl carbamates (subject to hydrolysis) is 1. The van der Waals surface area contributed by atoms with Gasteiger partial charge in [-0.05, 0) is 41.8 Å². The molecule has 1 atom stereocenters. The molecule has 0 aliphatic carbocycles. The number of aliphatic imine (C=N–C) groups is 1. The molecule has 2 amide bonds. The first-order valence-electron chi connectivity index (χ1n) is 10.8. The lowest BCUT2D eigenvalue weighted by molar-refractivity contribution is -0.385. The van der Waals surface area contributed by atoms with E-state index in [-0.39, 0.29) is 43.1 Å². The number of benzene rings is 2. The van der Waals surface area contributed by atoms with Crippen molar-refractivity contribution >= 4 is 29.5 Å². The summed E-state index contributed by atoms with van der Waals surface area (Å²) in [5.41, 5.74) is 0.813. The van der Waals surface area contributed by atoms with Gasteiger partial charge >= 0.3 is 12.2 Å². The third-order valence-corrected chi connectivity index (χ3v) is 5.28. The topological polar surface area (TPSA) is 187 Å². The molecule has 36 heavy (non-hydrogen) atoms.